The molecule has 3 aromatic rings. The number of fused-ring (bicyclic) bond motifs is 1. The van der Waals surface area contributed by atoms with Crippen LogP contribution < -0.4 is 14.4 Å². The molecule has 0 aliphatic carbocycles. The number of anilines is 1. The van der Waals surface area contributed by atoms with E-state index in [1.54, 1.807) is 31.1 Å². The Bertz CT molecular complexity index is 1480. The molecule has 0 aromatic heterocycles. The van der Waals surface area contributed by atoms with Gasteiger partial charge in [-0.05, 0) is 111 Å². The fourth-order valence-corrected chi connectivity index (χ4v) is 6.65. The molecule has 242 valence electrons. The number of nitrogens with zero attached hydrogens (tertiary/aromatic N) is 2. The average molecular weight is 645 g/mol. The summed E-state index contributed by atoms with van der Waals surface area (Å²) >= 11 is 6.23. The molecule has 2 atom stereocenters. The van der Waals surface area contributed by atoms with Crippen LogP contribution in [0.15, 0.2) is 60.7 Å². The van der Waals surface area contributed by atoms with Gasteiger partial charge in [-0.25, -0.2) is 0 Å². The number of piperidine rings is 1. The van der Waals surface area contributed by atoms with Crippen molar-refractivity contribution in [3.63, 3.8) is 0 Å². The van der Waals surface area contributed by atoms with Crippen molar-refractivity contribution in [2.24, 2.45) is 5.92 Å². The number of methoxy groups -OCH3 is 1. The molecule has 0 saturated carbocycles. The average Bonchev–Trinajstić information content (AvgIpc) is 2.99. The van der Waals surface area contributed by atoms with Crippen LogP contribution in [-0.2, 0) is 16.8 Å². The van der Waals surface area contributed by atoms with Gasteiger partial charge in [-0.1, -0.05) is 35.9 Å². The molecule has 2 aliphatic rings. The highest BCUT2D eigenvalue weighted by atomic mass is 35.5. The molecule has 0 radical (unpaired) electrons. The summed E-state index contributed by atoms with van der Waals surface area (Å²) in [5.41, 5.74) is 2.84. The van der Waals surface area contributed by atoms with Crippen molar-refractivity contribution < 1.29 is 32.5 Å². The second-order valence-corrected chi connectivity index (χ2v) is 12.9. The summed E-state index contributed by atoms with van der Waals surface area (Å²) in [7, 11) is 1.58. The second kappa shape index (κ2) is 13.2. The van der Waals surface area contributed by atoms with Crippen LogP contribution in [0.3, 0.4) is 0 Å². The molecule has 1 N–H and O–H groups in total. The molecule has 3 aromatic carbocycles. The number of carbonyl (C=O) groups is 1. The first-order valence-electron chi connectivity index (χ1n) is 15.3. The van der Waals surface area contributed by atoms with Crippen LogP contribution in [0.5, 0.6) is 11.5 Å². The maximum Gasteiger partial charge on any atom is 0.390 e. The Morgan fingerprint density at radius 1 is 1.00 bits per heavy atom. The van der Waals surface area contributed by atoms with Gasteiger partial charge in [0.05, 0.1) is 37.7 Å². The van der Waals surface area contributed by atoms with Gasteiger partial charge in [0.2, 0.25) is 5.91 Å². The van der Waals surface area contributed by atoms with Crippen LogP contribution in [0.4, 0.5) is 18.9 Å². The molecule has 1 saturated heterocycles. The largest absolute Gasteiger partial charge is 0.493 e. The van der Waals surface area contributed by atoms with E-state index in [-0.39, 0.29) is 30.9 Å². The topological polar surface area (TPSA) is 62.2 Å². The van der Waals surface area contributed by atoms with Crippen molar-refractivity contribution in [3.8, 4) is 11.5 Å². The predicted octanol–water partition coefficient (Wildman–Crippen LogP) is 7.69. The third-order valence-electron chi connectivity index (χ3n) is 8.96. The lowest BCUT2D eigenvalue weighted by Crippen LogP contribution is -2.43. The number of carbonyl (C=O) groups excluding carboxylic acids is 1. The van der Waals surface area contributed by atoms with Crippen LogP contribution in [0.25, 0.3) is 0 Å². The zero-order valence-electron chi connectivity index (χ0n) is 26.0. The standard InChI is InChI=1S/C35H40ClF3N2O4/c1-22(2)45-31-21-29-24(19-30(31)44-4)20-32(42)41(33(29)23-5-9-27(36)10-6-23)28-11-7-25(8-12-28)34(3,43)26-13-16-40(17-14-26)18-15-35(37,38)39/h5-12,19,21-22,26,33,43H,13-18,20H2,1-4H3/t33?,34-/m1/s1. The SMILES string of the molecule is COc1cc2c(cc1OC(C)C)C(c1ccc(Cl)cc1)N(c1ccc([C@@](C)(O)C3CCN(CCC(F)(F)F)CC3)cc1)C(=O)C2. The zero-order chi connectivity index (χ0) is 32.5. The Morgan fingerprint density at radius 2 is 1.64 bits per heavy atom. The van der Waals surface area contributed by atoms with Gasteiger partial charge in [0.15, 0.2) is 11.5 Å². The van der Waals surface area contributed by atoms with Gasteiger partial charge in [0, 0.05) is 17.3 Å². The molecule has 1 amide bonds. The van der Waals surface area contributed by atoms with Crippen LogP contribution in [0.2, 0.25) is 5.02 Å². The molecule has 1 unspecified atom stereocenters. The summed E-state index contributed by atoms with van der Waals surface area (Å²) < 4.78 is 49.7. The Morgan fingerprint density at radius 3 is 2.22 bits per heavy atom. The molecule has 10 heteroatoms. The summed E-state index contributed by atoms with van der Waals surface area (Å²) in [6.07, 6.45) is -3.73. The van der Waals surface area contributed by atoms with Gasteiger partial charge in [-0.2, -0.15) is 13.2 Å². The summed E-state index contributed by atoms with van der Waals surface area (Å²) in [6.45, 7) is 6.64. The molecule has 0 spiro atoms. The van der Waals surface area contributed by atoms with Gasteiger partial charge in [0.25, 0.3) is 0 Å². The van der Waals surface area contributed by atoms with E-state index in [2.05, 4.69) is 0 Å². The van der Waals surface area contributed by atoms with Crippen molar-refractivity contribution in [2.75, 3.05) is 31.6 Å². The molecule has 0 bridgehead atoms. The van der Waals surface area contributed by atoms with Crippen molar-refractivity contribution >= 4 is 23.2 Å². The molecule has 2 aliphatic heterocycles. The Hall–Kier alpha value is -3.27. The molecular weight excluding hydrogens is 605 g/mol. The summed E-state index contributed by atoms with van der Waals surface area (Å²) in [6, 6.07) is 18.2. The fraction of sp³-hybridized carbons (Fsp3) is 0.457. The van der Waals surface area contributed by atoms with E-state index >= 15 is 0 Å². The number of alkyl halides is 3. The smallest absolute Gasteiger partial charge is 0.390 e. The molecular formula is C35H40ClF3N2O4. The maximum atomic E-state index is 13.8. The third kappa shape index (κ3) is 7.42. The summed E-state index contributed by atoms with van der Waals surface area (Å²) in [4.78, 5) is 17.4. The van der Waals surface area contributed by atoms with Crippen LogP contribution >= 0.6 is 11.6 Å². The van der Waals surface area contributed by atoms with E-state index in [0.717, 1.165) is 16.7 Å². The van der Waals surface area contributed by atoms with Gasteiger partial charge in [-0.3, -0.25) is 4.79 Å². The molecule has 6 nitrogen and oxygen atoms in total. The van der Waals surface area contributed by atoms with E-state index < -0.39 is 24.2 Å². The zero-order valence-corrected chi connectivity index (χ0v) is 26.8. The van der Waals surface area contributed by atoms with Gasteiger partial charge in [-0.15, -0.1) is 0 Å². The number of likely N-dealkylation sites (tertiary alicyclic amines) is 1. The molecule has 1 fully saturated rings. The number of hydrogen-bond donors (Lipinski definition) is 1. The predicted molar refractivity (Wildman–Crippen MR) is 169 cm³/mol. The van der Waals surface area contributed by atoms with Gasteiger partial charge < -0.3 is 24.4 Å². The monoisotopic (exact) mass is 644 g/mol. The van der Waals surface area contributed by atoms with Crippen molar-refractivity contribution in [1.82, 2.24) is 4.90 Å². The van der Waals surface area contributed by atoms with Crippen molar-refractivity contribution in [3.05, 3.63) is 87.9 Å². The first kappa shape index (κ1) is 33.1. The minimum Gasteiger partial charge on any atom is -0.493 e. The highest BCUT2D eigenvalue weighted by Gasteiger charge is 2.39. The van der Waals surface area contributed by atoms with Gasteiger partial charge in [0.1, 0.15) is 0 Å². The summed E-state index contributed by atoms with van der Waals surface area (Å²) in [5.74, 6) is 0.963. The minimum absolute atomic E-state index is 0.0211. The Balaban J connectivity index is 1.44. The lowest BCUT2D eigenvalue weighted by atomic mass is 9.77. The molecule has 45 heavy (non-hydrogen) atoms. The minimum atomic E-state index is -4.18. The van der Waals surface area contributed by atoms with E-state index in [1.807, 2.05) is 67.3 Å². The Kier molecular flexibility index (Phi) is 9.73. The van der Waals surface area contributed by atoms with E-state index in [9.17, 15) is 23.1 Å². The number of halogens is 4. The number of ether oxygens (including phenoxy) is 2. The van der Waals surface area contributed by atoms with E-state index in [4.69, 9.17) is 21.1 Å². The van der Waals surface area contributed by atoms with Crippen LogP contribution in [0, 0.1) is 5.92 Å². The maximum absolute atomic E-state index is 13.8. The number of benzene rings is 3. The highest BCUT2D eigenvalue weighted by Crippen LogP contribution is 2.44. The van der Waals surface area contributed by atoms with Crippen LogP contribution in [-0.4, -0.2) is 54.9 Å². The normalized spacial score (nSPS) is 19.4. The Labute approximate surface area is 267 Å². The number of amides is 1. The van der Waals surface area contributed by atoms with Crippen LogP contribution in [0.1, 0.15) is 68.3 Å². The second-order valence-electron chi connectivity index (χ2n) is 12.4. The van der Waals surface area contributed by atoms with Crippen molar-refractivity contribution in [1.29, 1.82) is 0 Å². The number of hydrogen-bond acceptors (Lipinski definition) is 5. The first-order chi connectivity index (χ1) is 21.3. The lowest BCUT2D eigenvalue weighted by Gasteiger charge is -2.40. The highest BCUT2D eigenvalue weighted by molar-refractivity contribution is 6.30. The molecule has 2 heterocycles. The van der Waals surface area contributed by atoms with Crippen molar-refractivity contribution in [2.45, 2.75) is 70.4 Å². The van der Waals surface area contributed by atoms with Gasteiger partial charge >= 0.3 is 6.18 Å². The quantitative estimate of drug-likeness (QED) is 0.259. The number of aliphatic hydroxyl groups is 1. The lowest BCUT2D eigenvalue weighted by molar-refractivity contribution is -0.139. The van der Waals surface area contributed by atoms with E-state index in [1.165, 1.54) is 0 Å². The van der Waals surface area contributed by atoms with E-state index in [0.29, 0.717) is 53.7 Å². The number of rotatable bonds is 9. The summed E-state index contributed by atoms with van der Waals surface area (Å²) in [5, 5.41) is 12.2. The third-order valence-corrected chi connectivity index (χ3v) is 9.21. The fourth-order valence-electron chi connectivity index (χ4n) is 6.53. The first-order valence-corrected chi connectivity index (χ1v) is 15.7. The molecule has 5 rings (SSSR count).